The Morgan fingerprint density at radius 1 is 1.14 bits per heavy atom. The number of benzene rings is 2. The second kappa shape index (κ2) is 8.17. The third-order valence-electron chi connectivity index (χ3n) is 4.98. The van der Waals surface area contributed by atoms with Crippen molar-refractivity contribution >= 4 is 12.0 Å². The van der Waals surface area contributed by atoms with Crippen LogP contribution in [-0.4, -0.2) is 38.9 Å². The fourth-order valence-corrected chi connectivity index (χ4v) is 3.46. The minimum absolute atomic E-state index is 0.108. The predicted octanol–water partition coefficient (Wildman–Crippen LogP) is 3.76. The second-order valence-electron chi connectivity index (χ2n) is 6.93. The molecular weight excluding hydrogens is 355 g/mol. The van der Waals surface area contributed by atoms with E-state index in [2.05, 4.69) is 10.3 Å². The van der Waals surface area contributed by atoms with E-state index < -0.39 is 0 Å². The molecule has 0 aliphatic carbocycles. The Bertz CT molecular complexity index is 966. The van der Waals surface area contributed by atoms with Gasteiger partial charge in [-0.25, -0.2) is 9.07 Å². The Hall–Kier alpha value is -3.28. The van der Waals surface area contributed by atoms with Crippen LogP contribution in [0.1, 0.15) is 34.0 Å². The van der Waals surface area contributed by atoms with Gasteiger partial charge in [0.25, 0.3) is 5.91 Å². The molecule has 1 unspecified atom stereocenters. The van der Waals surface area contributed by atoms with Crippen molar-refractivity contribution in [3.8, 4) is 0 Å². The highest BCUT2D eigenvalue weighted by Crippen LogP contribution is 2.28. The van der Waals surface area contributed by atoms with E-state index in [-0.39, 0.29) is 17.6 Å². The van der Waals surface area contributed by atoms with Crippen LogP contribution in [0, 0.1) is 5.82 Å². The molecule has 2 heterocycles. The van der Waals surface area contributed by atoms with E-state index in [0.717, 1.165) is 17.5 Å². The number of amides is 1. The van der Waals surface area contributed by atoms with Gasteiger partial charge in [-0.05, 0) is 29.7 Å². The molecule has 1 aliphatic heterocycles. The van der Waals surface area contributed by atoms with Gasteiger partial charge in [-0.1, -0.05) is 59.8 Å². The van der Waals surface area contributed by atoms with Gasteiger partial charge in [-0.2, -0.15) is 0 Å². The van der Waals surface area contributed by atoms with Crippen LogP contribution < -0.4 is 0 Å². The molecule has 4 rings (SSSR count). The summed E-state index contributed by atoms with van der Waals surface area (Å²) in [6.45, 7) is 1.83. The van der Waals surface area contributed by atoms with Gasteiger partial charge in [0.2, 0.25) is 0 Å². The van der Waals surface area contributed by atoms with Crippen molar-refractivity contribution in [1.82, 2.24) is 19.9 Å². The zero-order valence-electron chi connectivity index (χ0n) is 15.4. The summed E-state index contributed by atoms with van der Waals surface area (Å²) in [7, 11) is 0. The summed E-state index contributed by atoms with van der Waals surface area (Å²) in [6.07, 6.45) is 6.55. The fourth-order valence-electron chi connectivity index (χ4n) is 3.46. The molecule has 0 bridgehead atoms. The predicted molar refractivity (Wildman–Crippen MR) is 105 cm³/mol. The van der Waals surface area contributed by atoms with Gasteiger partial charge >= 0.3 is 0 Å². The lowest BCUT2D eigenvalue weighted by atomic mass is 9.99. The molecule has 1 saturated heterocycles. The maximum atomic E-state index is 13.1. The highest BCUT2D eigenvalue weighted by atomic mass is 19.1. The van der Waals surface area contributed by atoms with Crippen LogP contribution in [0.4, 0.5) is 4.39 Å². The van der Waals surface area contributed by atoms with Crippen molar-refractivity contribution in [3.63, 3.8) is 0 Å². The van der Waals surface area contributed by atoms with Crippen LogP contribution in [0.3, 0.4) is 0 Å². The Kier molecular flexibility index (Phi) is 5.28. The molecule has 0 N–H and O–H groups in total. The molecule has 28 heavy (non-hydrogen) atoms. The maximum Gasteiger partial charge on any atom is 0.276 e. The monoisotopic (exact) mass is 376 g/mol. The number of allylic oxidation sites excluding steroid dienone is 1. The van der Waals surface area contributed by atoms with Crippen LogP contribution >= 0.6 is 0 Å². The van der Waals surface area contributed by atoms with Gasteiger partial charge in [0, 0.05) is 19.0 Å². The van der Waals surface area contributed by atoms with Gasteiger partial charge < -0.3 is 4.90 Å². The van der Waals surface area contributed by atoms with Crippen LogP contribution in [0.5, 0.6) is 0 Å². The molecule has 1 atom stereocenters. The van der Waals surface area contributed by atoms with Crippen LogP contribution in [0.2, 0.25) is 0 Å². The standard InChI is InChI=1S/C22H21FN4O/c23-20-10-8-18(9-11-20)19-12-14-26(15-19)22(28)21-16-27(25-24-21)13-4-7-17-5-2-1-3-6-17/h1-11,16,19H,12-15H2. The van der Waals surface area contributed by atoms with Crippen LogP contribution in [-0.2, 0) is 6.54 Å². The molecule has 3 aromatic rings. The maximum absolute atomic E-state index is 13.1. The second-order valence-corrected chi connectivity index (χ2v) is 6.93. The molecular formula is C22H21FN4O. The lowest BCUT2D eigenvalue weighted by Crippen LogP contribution is -2.28. The number of hydrogen-bond acceptors (Lipinski definition) is 3. The van der Waals surface area contributed by atoms with Crippen molar-refractivity contribution in [2.45, 2.75) is 18.9 Å². The summed E-state index contributed by atoms with van der Waals surface area (Å²) in [4.78, 5) is 14.5. The number of hydrogen-bond donors (Lipinski definition) is 0. The number of aromatic nitrogens is 3. The molecule has 1 aromatic heterocycles. The van der Waals surface area contributed by atoms with E-state index in [1.807, 2.05) is 42.5 Å². The molecule has 1 amide bonds. The number of likely N-dealkylation sites (tertiary alicyclic amines) is 1. The molecule has 0 saturated carbocycles. The smallest absolute Gasteiger partial charge is 0.276 e. The van der Waals surface area contributed by atoms with E-state index in [4.69, 9.17) is 0 Å². The fraction of sp³-hybridized carbons (Fsp3) is 0.227. The first-order chi connectivity index (χ1) is 13.7. The lowest BCUT2D eigenvalue weighted by molar-refractivity contribution is 0.0785. The third-order valence-corrected chi connectivity index (χ3v) is 4.98. The van der Waals surface area contributed by atoms with Gasteiger partial charge in [0.05, 0.1) is 12.7 Å². The quantitative estimate of drug-likeness (QED) is 0.681. The molecule has 2 aromatic carbocycles. The Balaban J connectivity index is 1.35. The molecule has 142 valence electrons. The van der Waals surface area contributed by atoms with Crippen LogP contribution in [0.25, 0.3) is 6.08 Å². The van der Waals surface area contributed by atoms with Gasteiger partial charge in [-0.15, -0.1) is 5.10 Å². The molecule has 0 spiro atoms. The first-order valence-corrected chi connectivity index (χ1v) is 9.35. The number of carbonyl (C=O) groups excluding carboxylic acids is 1. The topological polar surface area (TPSA) is 51.0 Å². The minimum atomic E-state index is -0.243. The molecule has 6 heteroatoms. The Labute approximate surface area is 163 Å². The highest BCUT2D eigenvalue weighted by molar-refractivity contribution is 5.92. The number of rotatable bonds is 5. The van der Waals surface area contributed by atoms with Gasteiger partial charge in [0.15, 0.2) is 5.69 Å². The molecule has 5 nitrogen and oxygen atoms in total. The summed E-state index contributed by atoms with van der Waals surface area (Å²) < 4.78 is 14.8. The molecule has 1 fully saturated rings. The zero-order valence-corrected chi connectivity index (χ0v) is 15.4. The van der Waals surface area contributed by atoms with Crippen molar-refractivity contribution in [1.29, 1.82) is 0 Å². The minimum Gasteiger partial charge on any atom is -0.337 e. The zero-order chi connectivity index (χ0) is 19.3. The first kappa shape index (κ1) is 18.1. The average molecular weight is 376 g/mol. The van der Waals surface area contributed by atoms with E-state index in [1.165, 1.54) is 12.1 Å². The van der Waals surface area contributed by atoms with E-state index in [0.29, 0.717) is 25.3 Å². The molecule has 1 aliphatic rings. The van der Waals surface area contributed by atoms with E-state index >= 15 is 0 Å². The lowest BCUT2D eigenvalue weighted by Gasteiger charge is -2.15. The number of nitrogens with zero attached hydrogens (tertiary/aromatic N) is 4. The van der Waals surface area contributed by atoms with E-state index in [9.17, 15) is 9.18 Å². The summed E-state index contributed by atoms with van der Waals surface area (Å²) in [5.74, 6) is -0.121. The van der Waals surface area contributed by atoms with Gasteiger partial charge in [0.1, 0.15) is 5.82 Å². The summed E-state index contributed by atoms with van der Waals surface area (Å²) in [5.41, 5.74) is 2.53. The summed E-state index contributed by atoms with van der Waals surface area (Å²) in [6, 6.07) is 16.5. The SMILES string of the molecule is O=C(c1cn(CC=Cc2ccccc2)nn1)N1CCC(c2ccc(F)cc2)C1. The highest BCUT2D eigenvalue weighted by Gasteiger charge is 2.29. The Morgan fingerprint density at radius 3 is 2.71 bits per heavy atom. The van der Waals surface area contributed by atoms with Crippen molar-refractivity contribution in [2.24, 2.45) is 0 Å². The van der Waals surface area contributed by atoms with Crippen molar-refractivity contribution in [2.75, 3.05) is 13.1 Å². The first-order valence-electron chi connectivity index (χ1n) is 9.35. The number of carbonyl (C=O) groups is 1. The Morgan fingerprint density at radius 2 is 1.93 bits per heavy atom. The van der Waals surface area contributed by atoms with Gasteiger partial charge in [-0.3, -0.25) is 4.79 Å². The van der Waals surface area contributed by atoms with Crippen LogP contribution in [0.15, 0.2) is 66.9 Å². The van der Waals surface area contributed by atoms with Crippen molar-refractivity contribution < 1.29 is 9.18 Å². The third kappa shape index (κ3) is 4.17. The average Bonchev–Trinajstić information content (AvgIpc) is 3.39. The summed E-state index contributed by atoms with van der Waals surface area (Å²) in [5, 5.41) is 8.09. The van der Waals surface area contributed by atoms with Crippen molar-refractivity contribution in [3.05, 3.63) is 89.5 Å². The largest absolute Gasteiger partial charge is 0.337 e. The number of halogens is 1. The molecule has 0 radical (unpaired) electrons. The van der Waals surface area contributed by atoms with E-state index in [1.54, 1.807) is 27.9 Å². The summed E-state index contributed by atoms with van der Waals surface area (Å²) >= 11 is 0. The normalized spacial score (nSPS) is 16.8.